The molecule has 0 spiro atoms. The summed E-state index contributed by atoms with van der Waals surface area (Å²) in [5.41, 5.74) is -2.30. The average Bonchev–Trinajstić information content (AvgIpc) is 3.01. The van der Waals surface area contributed by atoms with Gasteiger partial charge in [-0.15, -0.1) is 11.3 Å². The van der Waals surface area contributed by atoms with E-state index in [0.717, 1.165) is 15.6 Å². The number of rotatable bonds is 2. The number of carboxylic acids is 1. The van der Waals surface area contributed by atoms with Crippen molar-refractivity contribution in [1.29, 1.82) is 0 Å². The van der Waals surface area contributed by atoms with Gasteiger partial charge in [-0.3, -0.25) is 5.32 Å². The fourth-order valence-corrected chi connectivity index (χ4v) is 6.78. The third kappa shape index (κ3) is 4.01. The molecule has 2 atom stereocenters. The minimum Gasteiger partial charge on any atom is -0.477 e. The summed E-state index contributed by atoms with van der Waals surface area (Å²) in [4.78, 5) is 28.4. The van der Waals surface area contributed by atoms with Gasteiger partial charge in [0.25, 0.3) is 0 Å². The Balaban J connectivity index is 2.15. The highest BCUT2D eigenvalue weighted by atomic mass is 35.5. The largest absolute Gasteiger partial charge is 0.477 e. The van der Waals surface area contributed by atoms with Gasteiger partial charge in [0.2, 0.25) is 16.0 Å². The molecule has 1 fully saturated rings. The maximum atomic E-state index is 13.3. The molecule has 1 amide bonds. The molecule has 3 heterocycles. The molecule has 3 rings (SSSR count). The topological polar surface area (TPSA) is 135 Å². The first-order valence-electron chi connectivity index (χ1n) is 8.96. The number of alkyl carbamates (subject to hydrolysis) is 1. The number of sulfonamides is 1. The molecule has 1 aromatic rings. The molecule has 30 heavy (non-hydrogen) atoms. The van der Waals surface area contributed by atoms with E-state index in [2.05, 4.69) is 10.3 Å². The normalized spacial score (nSPS) is 25.8. The first-order chi connectivity index (χ1) is 13.8. The second-order valence-electron chi connectivity index (χ2n) is 7.92. The number of thiophene rings is 1. The number of hydrogen-bond donors (Lipinski definition) is 2. The Morgan fingerprint density at radius 1 is 1.47 bits per heavy atom. The van der Waals surface area contributed by atoms with Gasteiger partial charge in [0.05, 0.1) is 16.5 Å². The Morgan fingerprint density at radius 2 is 2.13 bits per heavy atom. The van der Waals surface area contributed by atoms with Gasteiger partial charge in [0, 0.05) is 13.7 Å². The van der Waals surface area contributed by atoms with E-state index in [9.17, 15) is 23.1 Å². The molecule has 0 aromatic carbocycles. The van der Waals surface area contributed by atoms with Gasteiger partial charge in [0.15, 0.2) is 0 Å². The van der Waals surface area contributed by atoms with E-state index in [1.54, 1.807) is 20.8 Å². The number of aliphatic imine (C=N–C) groups is 1. The summed E-state index contributed by atoms with van der Waals surface area (Å²) < 4.78 is 38.2. The van der Waals surface area contributed by atoms with Gasteiger partial charge in [-0.05, 0) is 33.3 Å². The van der Waals surface area contributed by atoms with Crippen molar-refractivity contribution in [2.75, 3.05) is 20.3 Å². The summed E-state index contributed by atoms with van der Waals surface area (Å²) in [5, 5.41) is 10.7. The zero-order valence-corrected chi connectivity index (χ0v) is 19.2. The van der Waals surface area contributed by atoms with E-state index in [-0.39, 0.29) is 40.4 Å². The van der Waals surface area contributed by atoms with Crippen LogP contribution in [0.15, 0.2) is 11.1 Å². The molecular formula is C17H22ClN3O7S2. The van der Waals surface area contributed by atoms with Crippen LogP contribution in [0.1, 0.15) is 41.7 Å². The van der Waals surface area contributed by atoms with Crippen LogP contribution < -0.4 is 5.32 Å². The molecule has 10 nitrogen and oxygen atoms in total. The van der Waals surface area contributed by atoms with Crippen molar-refractivity contribution in [3.8, 4) is 0 Å². The van der Waals surface area contributed by atoms with Crippen molar-refractivity contribution in [3.05, 3.63) is 20.8 Å². The van der Waals surface area contributed by atoms with Crippen LogP contribution in [0.2, 0.25) is 5.02 Å². The number of halogens is 1. The number of carbonyl (C=O) groups is 2. The molecule has 0 saturated carbocycles. The molecule has 2 aliphatic rings. The molecule has 0 bridgehead atoms. The predicted molar refractivity (Wildman–Crippen MR) is 111 cm³/mol. The standard InChI is InChI=1S/C17H22ClN3O7S2/c1-16(2,3)28-15(24)19-14-20-17(12-9(18)7-10(29-12)13(22)23)8-27-6-5-11(17)30(25,26)21(14)4/h7,11H,5-6,8H2,1-4H3,(H,22,23)(H,19,20,24)/t11?,17-/m0/s1. The lowest BCUT2D eigenvalue weighted by Crippen LogP contribution is -2.62. The summed E-state index contributed by atoms with van der Waals surface area (Å²) in [6.07, 6.45) is -0.746. The number of amides is 1. The van der Waals surface area contributed by atoms with Crippen LogP contribution >= 0.6 is 22.9 Å². The molecule has 1 unspecified atom stereocenters. The third-order valence-electron chi connectivity index (χ3n) is 4.63. The summed E-state index contributed by atoms with van der Waals surface area (Å²) in [6, 6.07) is 1.26. The van der Waals surface area contributed by atoms with E-state index in [1.165, 1.54) is 13.1 Å². The average molecular weight is 480 g/mol. The van der Waals surface area contributed by atoms with Crippen LogP contribution in [-0.2, 0) is 25.0 Å². The van der Waals surface area contributed by atoms with Crippen molar-refractivity contribution in [2.45, 2.75) is 43.6 Å². The van der Waals surface area contributed by atoms with E-state index >= 15 is 0 Å². The number of ether oxygens (including phenoxy) is 2. The Kier molecular flexibility index (Phi) is 5.82. The lowest BCUT2D eigenvalue weighted by molar-refractivity contribution is 0.0380. The van der Waals surface area contributed by atoms with E-state index in [0.29, 0.717) is 0 Å². The number of nitrogens with zero attached hydrogens (tertiary/aromatic N) is 2. The number of guanidine groups is 1. The summed E-state index contributed by atoms with van der Waals surface area (Å²) in [5.74, 6) is -1.45. The van der Waals surface area contributed by atoms with Crippen molar-refractivity contribution in [1.82, 2.24) is 9.62 Å². The van der Waals surface area contributed by atoms with Crippen LogP contribution in [0.3, 0.4) is 0 Å². The lowest BCUT2D eigenvalue weighted by atomic mass is 9.90. The van der Waals surface area contributed by atoms with Gasteiger partial charge in [0.1, 0.15) is 21.3 Å². The summed E-state index contributed by atoms with van der Waals surface area (Å²) >= 11 is 7.15. The maximum Gasteiger partial charge on any atom is 0.414 e. The van der Waals surface area contributed by atoms with Crippen LogP contribution in [0.4, 0.5) is 4.79 Å². The highest BCUT2D eigenvalue weighted by Crippen LogP contribution is 2.48. The van der Waals surface area contributed by atoms with E-state index < -0.39 is 38.5 Å². The first kappa shape index (κ1) is 22.8. The number of carbonyl (C=O) groups excluding carboxylic acids is 1. The number of carboxylic acid groups (broad SMARTS) is 1. The quantitative estimate of drug-likeness (QED) is 0.664. The Bertz CT molecular complexity index is 1020. The zero-order valence-electron chi connectivity index (χ0n) is 16.8. The maximum absolute atomic E-state index is 13.3. The molecule has 2 N–H and O–H groups in total. The number of nitrogens with one attached hydrogen (secondary N) is 1. The van der Waals surface area contributed by atoms with Gasteiger partial charge in [-0.2, -0.15) is 0 Å². The lowest BCUT2D eigenvalue weighted by Gasteiger charge is -2.45. The van der Waals surface area contributed by atoms with Gasteiger partial charge < -0.3 is 14.6 Å². The molecule has 0 radical (unpaired) electrons. The van der Waals surface area contributed by atoms with Crippen molar-refractivity contribution < 1.29 is 32.6 Å². The second kappa shape index (κ2) is 7.66. The number of fused-ring (bicyclic) bond motifs is 1. The SMILES string of the molecule is CN1C(NC(=O)OC(C)(C)C)=N[C@@]2(c3sc(C(=O)O)cc3Cl)COCCC2S1(=O)=O. The number of hydrogen-bond acceptors (Lipinski definition) is 8. The minimum absolute atomic E-state index is 0.0538. The van der Waals surface area contributed by atoms with Gasteiger partial charge >= 0.3 is 12.1 Å². The van der Waals surface area contributed by atoms with Crippen LogP contribution in [0.5, 0.6) is 0 Å². The molecular weight excluding hydrogens is 458 g/mol. The fraction of sp³-hybridized carbons (Fsp3) is 0.588. The second-order valence-corrected chi connectivity index (χ2v) is 11.5. The third-order valence-corrected chi connectivity index (χ3v) is 8.61. The Hall–Kier alpha value is -1.89. The summed E-state index contributed by atoms with van der Waals surface area (Å²) in [6.45, 7) is 5.06. The molecule has 0 aliphatic carbocycles. The first-order valence-corrected chi connectivity index (χ1v) is 11.7. The van der Waals surface area contributed by atoms with Crippen molar-refractivity contribution in [3.63, 3.8) is 0 Å². The van der Waals surface area contributed by atoms with Crippen molar-refractivity contribution in [2.24, 2.45) is 4.99 Å². The van der Waals surface area contributed by atoms with Gasteiger partial charge in [-0.25, -0.2) is 27.3 Å². The fourth-order valence-electron chi connectivity index (χ4n) is 3.35. The van der Waals surface area contributed by atoms with E-state index in [4.69, 9.17) is 21.1 Å². The zero-order chi connectivity index (χ0) is 22.5. The number of aromatic carboxylic acids is 1. The minimum atomic E-state index is -3.98. The van der Waals surface area contributed by atoms with Crippen molar-refractivity contribution >= 4 is 51.0 Å². The highest BCUT2D eigenvalue weighted by Gasteiger charge is 2.57. The molecule has 2 aliphatic heterocycles. The molecule has 1 aromatic heterocycles. The van der Waals surface area contributed by atoms with E-state index in [1.807, 2.05) is 0 Å². The van der Waals surface area contributed by atoms with Gasteiger partial charge in [-0.1, -0.05) is 11.6 Å². The Labute approximate surface area is 182 Å². The monoisotopic (exact) mass is 479 g/mol. The van der Waals surface area contributed by atoms with Crippen LogP contribution in [0, 0.1) is 0 Å². The van der Waals surface area contributed by atoms with Crippen LogP contribution in [0.25, 0.3) is 0 Å². The predicted octanol–water partition coefficient (Wildman–Crippen LogP) is 2.24. The summed E-state index contributed by atoms with van der Waals surface area (Å²) in [7, 11) is -2.70. The smallest absolute Gasteiger partial charge is 0.414 e. The Morgan fingerprint density at radius 3 is 2.70 bits per heavy atom. The highest BCUT2D eigenvalue weighted by molar-refractivity contribution is 7.90. The van der Waals surface area contributed by atoms with Crippen LogP contribution in [-0.4, -0.2) is 67.0 Å². The molecule has 13 heteroatoms. The molecule has 166 valence electrons. The molecule has 1 saturated heterocycles.